The largest absolute Gasteiger partial charge is 0.484 e. The molecule has 1 aliphatic rings. The van der Waals surface area contributed by atoms with Gasteiger partial charge < -0.3 is 19.4 Å². The van der Waals surface area contributed by atoms with E-state index in [0.717, 1.165) is 18.7 Å². The van der Waals surface area contributed by atoms with Crippen LogP contribution in [0.1, 0.15) is 57.4 Å². The Morgan fingerprint density at radius 3 is 2.41 bits per heavy atom. The van der Waals surface area contributed by atoms with Crippen LogP contribution < -0.4 is 15.0 Å². The highest BCUT2D eigenvalue weighted by molar-refractivity contribution is 5.94. The van der Waals surface area contributed by atoms with Crippen molar-refractivity contribution in [1.82, 2.24) is 4.98 Å². The zero-order chi connectivity index (χ0) is 25.6. The summed E-state index contributed by atoms with van der Waals surface area (Å²) in [6, 6.07) is 21.9. The first-order valence-electron chi connectivity index (χ1n) is 13.4. The van der Waals surface area contributed by atoms with Crippen molar-refractivity contribution in [2.45, 2.75) is 51.9 Å². The van der Waals surface area contributed by atoms with Gasteiger partial charge in [-0.2, -0.15) is 0 Å². The Balaban J connectivity index is 1.18. The molecule has 1 aliphatic carbocycles. The van der Waals surface area contributed by atoms with E-state index in [1.54, 1.807) is 0 Å². The summed E-state index contributed by atoms with van der Waals surface area (Å²) in [5.41, 5.74) is 5.50. The molecule has 0 aliphatic heterocycles. The standard InChI is InChI=1S/C31H35N3O3/c1-3-34(4-2)26-15-10-24(11-16-26)31-33-28-20-25(14-19-29(28)37-31)32-30(35)21-36-27-17-12-23(13-18-27)22-8-6-5-7-9-22/h10-20,22H,3-9,21H2,1-2H3,(H,32,35). The maximum Gasteiger partial charge on any atom is 0.262 e. The molecular formula is C31H35N3O3. The second-order valence-corrected chi connectivity index (χ2v) is 9.66. The van der Waals surface area contributed by atoms with Gasteiger partial charge in [0.05, 0.1) is 0 Å². The number of aromatic nitrogens is 1. The molecule has 0 unspecified atom stereocenters. The molecule has 1 amide bonds. The molecule has 1 saturated carbocycles. The lowest BCUT2D eigenvalue weighted by atomic mass is 9.84. The average molecular weight is 498 g/mol. The molecule has 1 aromatic heterocycles. The van der Waals surface area contributed by atoms with Crippen molar-refractivity contribution in [3.8, 4) is 17.2 Å². The van der Waals surface area contributed by atoms with Gasteiger partial charge in [0.2, 0.25) is 5.89 Å². The smallest absolute Gasteiger partial charge is 0.262 e. The number of hydrogen-bond acceptors (Lipinski definition) is 5. The quantitative estimate of drug-likeness (QED) is 0.261. The summed E-state index contributed by atoms with van der Waals surface area (Å²) < 4.78 is 11.7. The number of fused-ring (bicyclic) bond motifs is 1. The molecule has 0 radical (unpaired) electrons. The van der Waals surface area contributed by atoms with Crippen LogP contribution in [0.5, 0.6) is 5.75 Å². The highest BCUT2D eigenvalue weighted by Crippen LogP contribution is 2.33. The molecule has 0 bridgehead atoms. The van der Waals surface area contributed by atoms with E-state index in [1.807, 2.05) is 42.5 Å². The third-order valence-electron chi connectivity index (χ3n) is 7.24. The fourth-order valence-corrected chi connectivity index (χ4v) is 5.15. The predicted molar refractivity (Wildman–Crippen MR) is 149 cm³/mol. The second kappa shape index (κ2) is 11.5. The van der Waals surface area contributed by atoms with E-state index in [9.17, 15) is 4.79 Å². The van der Waals surface area contributed by atoms with Crippen molar-refractivity contribution >= 4 is 28.4 Å². The van der Waals surface area contributed by atoms with Crippen LogP contribution in [0.15, 0.2) is 71.1 Å². The third-order valence-corrected chi connectivity index (χ3v) is 7.24. The molecule has 0 saturated heterocycles. The van der Waals surface area contributed by atoms with Gasteiger partial charge in [-0.05, 0) is 92.8 Å². The fraction of sp³-hybridized carbons (Fsp3) is 0.355. The molecule has 3 aromatic carbocycles. The van der Waals surface area contributed by atoms with Crippen LogP contribution >= 0.6 is 0 Å². The molecule has 37 heavy (non-hydrogen) atoms. The number of ether oxygens (including phenoxy) is 1. The minimum absolute atomic E-state index is 0.0518. The maximum atomic E-state index is 12.5. The number of hydrogen-bond donors (Lipinski definition) is 1. The first kappa shape index (κ1) is 24.9. The summed E-state index contributed by atoms with van der Waals surface area (Å²) in [7, 11) is 0. The van der Waals surface area contributed by atoms with E-state index >= 15 is 0 Å². The van der Waals surface area contributed by atoms with Gasteiger partial charge >= 0.3 is 0 Å². The Kier molecular flexibility index (Phi) is 7.73. The summed E-state index contributed by atoms with van der Waals surface area (Å²) in [6.45, 7) is 6.17. The van der Waals surface area contributed by atoms with Crippen molar-refractivity contribution in [1.29, 1.82) is 0 Å². The lowest BCUT2D eigenvalue weighted by Crippen LogP contribution is -2.21. The Hall–Kier alpha value is -3.80. The minimum atomic E-state index is -0.216. The number of nitrogens with one attached hydrogen (secondary N) is 1. The van der Waals surface area contributed by atoms with Crippen LogP contribution in [0.25, 0.3) is 22.6 Å². The Morgan fingerprint density at radius 2 is 1.70 bits per heavy atom. The normalized spacial score (nSPS) is 14.0. The van der Waals surface area contributed by atoms with Gasteiger partial charge in [-0.1, -0.05) is 31.4 Å². The van der Waals surface area contributed by atoms with Crippen molar-refractivity contribution in [3.63, 3.8) is 0 Å². The van der Waals surface area contributed by atoms with E-state index < -0.39 is 0 Å². The molecular weight excluding hydrogens is 462 g/mol. The van der Waals surface area contributed by atoms with Gasteiger partial charge in [0.1, 0.15) is 11.3 Å². The number of amides is 1. The molecule has 192 valence electrons. The number of benzene rings is 3. The summed E-state index contributed by atoms with van der Waals surface area (Å²) >= 11 is 0. The van der Waals surface area contributed by atoms with Gasteiger partial charge in [0.25, 0.3) is 5.91 Å². The first-order chi connectivity index (χ1) is 18.1. The molecule has 1 fully saturated rings. The lowest BCUT2D eigenvalue weighted by Gasteiger charge is -2.22. The summed E-state index contributed by atoms with van der Waals surface area (Å²) in [5, 5.41) is 2.90. The van der Waals surface area contributed by atoms with Gasteiger partial charge in [-0.25, -0.2) is 4.98 Å². The zero-order valence-electron chi connectivity index (χ0n) is 21.7. The Bertz CT molecular complexity index is 1320. The van der Waals surface area contributed by atoms with E-state index in [0.29, 0.717) is 34.3 Å². The van der Waals surface area contributed by atoms with Crippen LogP contribution in [-0.4, -0.2) is 30.6 Å². The number of oxazole rings is 1. The number of nitrogens with zero attached hydrogens (tertiary/aromatic N) is 2. The van der Waals surface area contributed by atoms with E-state index in [4.69, 9.17) is 9.15 Å². The van der Waals surface area contributed by atoms with Crippen LogP contribution in [-0.2, 0) is 4.79 Å². The molecule has 1 N–H and O–H groups in total. The summed E-state index contributed by atoms with van der Waals surface area (Å²) in [6.07, 6.45) is 6.51. The number of carbonyl (C=O) groups is 1. The fourth-order valence-electron chi connectivity index (χ4n) is 5.15. The average Bonchev–Trinajstić information content (AvgIpc) is 3.37. The number of carbonyl (C=O) groups excluding carboxylic acids is 1. The molecule has 5 rings (SSSR count). The van der Waals surface area contributed by atoms with Gasteiger partial charge in [-0.3, -0.25) is 4.79 Å². The maximum absolute atomic E-state index is 12.5. The Morgan fingerprint density at radius 1 is 0.973 bits per heavy atom. The monoisotopic (exact) mass is 497 g/mol. The molecule has 4 aromatic rings. The van der Waals surface area contributed by atoms with Crippen molar-refractivity contribution in [2.75, 3.05) is 29.9 Å². The van der Waals surface area contributed by atoms with E-state index in [-0.39, 0.29) is 12.5 Å². The van der Waals surface area contributed by atoms with Crippen LogP contribution in [0.4, 0.5) is 11.4 Å². The molecule has 0 spiro atoms. The second-order valence-electron chi connectivity index (χ2n) is 9.66. The molecule has 0 atom stereocenters. The van der Waals surface area contributed by atoms with Crippen LogP contribution in [0.2, 0.25) is 0 Å². The Labute approximate surface area is 218 Å². The minimum Gasteiger partial charge on any atom is -0.484 e. The van der Waals surface area contributed by atoms with Crippen molar-refractivity contribution < 1.29 is 13.9 Å². The van der Waals surface area contributed by atoms with Gasteiger partial charge in [0, 0.05) is 30.0 Å². The van der Waals surface area contributed by atoms with E-state index in [1.165, 1.54) is 43.4 Å². The van der Waals surface area contributed by atoms with Crippen LogP contribution in [0.3, 0.4) is 0 Å². The summed E-state index contributed by atoms with van der Waals surface area (Å²) in [5.74, 6) is 1.71. The highest BCUT2D eigenvalue weighted by atomic mass is 16.5. The SMILES string of the molecule is CCN(CC)c1ccc(-c2nc3cc(NC(=O)COc4ccc(C5CCCCC5)cc4)ccc3o2)cc1. The van der Waals surface area contributed by atoms with E-state index in [2.05, 4.69) is 53.3 Å². The molecule has 6 nitrogen and oxygen atoms in total. The van der Waals surface area contributed by atoms with Gasteiger partial charge in [-0.15, -0.1) is 0 Å². The van der Waals surface area contributed by atoms with Gasteiger partial charge in [0.15, 0.2) is 12.2 Å². The van der Waals surface area contributed by atoms with Crippen LogP contribution in [0, 0.1) is 0 Å². The topological polar surface area (TPSA) is 67.6 Å². The molecule has 1 heterocycles. The predicted octanol–water partition coefficient (Wildman–Crippen LogP) is 7.41. The number of rotatable bonds is 9. The third kappa shape index (κ3) is 5.96. The summed E-state index contributed by atoms with van der Waals surface area (Å²) in [4.78, 5) is 19.5. The van der Waals surface area contributed by atoms with Crippen molar-refractivity contribution in [3.05, 3.63) is 72.3 Å². The number of anilines is 2. The highest BCUT2D eigenvalue weighted by Gasteiger charge is 2.16. The lowest BCUT2D eigenvalue weighted by molar-refractivity contribution is -0.118. The zero-order valence-corrected chi connectivity index (χ0v) is 21.7. The van der Waals surface area contributed by atoms with Crippen molar-refractivity contribution in [2.24, 2.45) is 0 Å². The molecule has 6 heteroatoms. The first-order valence-corrected chi connectivity index (χ1v) is 13.4.